The van der Waals surface area contributed by atoms with E-state index in [9.17, 15) is 8.42 Å². The summed E-state index contributed by atoms with van der Waals surface area (Å²) < 4.78 is 29.3. The van der Waals surface area contributed by atoms with Crippen LogP contribution in [0.5, 0.6) is 5.75 Å². The number of phenolic OH excluding ortho intramolecular Hbond substituents is 1. The number of hydrogen-bond donors (Lipinski definition) is 2. The Hall–Kier alpha value is 0.527. The molecule has 13 heavy (non-hydrogen) atoms. The summed E-state index contributed by atoms with van der Waals surface area (Å²) in [5.74, 6) is -0.0441. The standard InChI is InChI=1S/C6H6O4S.Li.Na.2H/c7-5-1-3-6(4-2-5)11(8,9)10;;;;/h1-4,7H,(H,8,9,10);;;;. The Balaban J connectivity index is 0. The van der Waals surface area contributed by atoms with Crippen LogP contribution in [0.3, 0.4) is 0 Å². The summed E-state index contributed by atoms with van der Waals surface area (Å²) in [6, 6.07) is 4.60. The van der Waals surface area contributed by atoms with E-state index in [4.69, 9.17) is 9.66 Å². The van der Waals surface area contributed by atoms with Gasteiger partial charge in [0.2, 0.25) is 0 Å². The maximum absolute atomic E-state index is 10.4. The summed E-state index contributed by atoms with van der Waals surface area (Å²) >= 11 is 0. The summed E-state index contributed by atoms with van der Waals surface area (Å²) in [5, 5.41) is 8.75. The molecule has 0 aliphatic carbocycles. The van der Waals surface area contributed by atoms with Crippen molar-refractivity contribution in [1.29, 1.82) is 0 Å². The first-order valence-electron chi connectivity index (χ1n) is 2.77. The van der Waals surface area contributed by atoms with Crippen LogP contribution in [0.4, 0.5) is 0 Å². The fourth-order valence-electron chi connectivity index (χ4n) is 0.618. The zero-order chi connectivity index (χ0) is 8.48. The summed E-state index contributed by atoms with van der Waals surface area (Å²) in [7, 11) is -4.13. The molecular formula is C6H8LiNaO4S. The van der Waals surface area contributed by atoms with Gasteiger partial charge in [0.05, 0.1) is 4.90 Å². The van der Waals surface area contributed by atoms with Crippen LogP contribution in [0.2, 0.25) is 0 Å². The van der Waals surface area contributed by atoms with Crippen LogP contribution in [0.25, 0.3) is 0 Å². The summed E-state index contributed by atoms with van der Waals surface area (Å²) in [4.78, 5) is -0.227. The van der Waals surface area contributed by atoms with Crippen LogP contribution in [0.1, 0.15) is 0 Å². The van der Waals surface area contributed by atoms with E-state index in [0.29, 0.717) is 0 Å². The molecular weight excluding hydrogens is 198 g/mol. The van der Waals surface area contributed by atoms with Gasteiger partial charge in [0.15, 0.2) is 0 Å². The molecule has 0 saturated carbocycles. The first kappa shape index (κ1) is 16.0. The van der Waals surface area contributed by atoms with E-state index >= 15 is 0 Å². The zero-order valence-corrected chi connectivity index (χ0v) is 6.25. The molecule has 0 fully saturated rings. The first-order chi connectivity index (χ1) is 5.00. The Morgan fingerprint density at radius 3 is 1.77 bits per heavy atom. The average Bonchev–Trinajstić information content (AvgIpc) is 1.86. The van der Waals surface area contributed by atoms with Gasteiger partial charge >= 0.3 is 48.4 Å². The zero-order valence-electron chi connectivity index (χ0n) is 5.43. The number of rotatable bonds is 1. The number of hydrogen-bond acceptors (Lipinski definition) is 3. The van der Waals surface area contributed by atoms with Gasteiger partial charge in [-0.2, -0.15) is 8.42 Å². The molecule has 0 radical (unpaired) electrons. The Labute approximate surface area is 111 Å². The van der Waals surface area contributed by atoms with Gasteiger partial charge in [0.1, 0.15) is 5.75 Å². The monoisotopic (exact) mass is 206 g/mol. The van der Waals surface area contributed by atoms with Gasteiger partial charge in [0.25, 0.3) is 10.1 Å². The van der Waals surface area contributed by atoms with Crippen molar-refractivity contribution in [2.45, 2.75) is 4.90 Å². The molecule has 1 aromatic rings. The van der Waals surface area contributed by atoms with E-state index < -0.39 is 10.1 Å². The molecule has 0 aliphatic heterocycles. The second-order valence-electron chi connectivity index (χ2n) is 1.97. The van der Waals surface area contributed by atoms with Crippen molar-refractivity contribution >= 4 is 58.5 Å². The molecule has 0 saturated heterocycles. The van der Waals surface area contributed by atoms with E-state index in [1.807, 2.05) is 0 Å². The predicted molar refractivity (Wildman–Crippen MR) is 52.2 cm³/mol. The van der Waals surface area contributed by atoms with Gasteiger partial charge in [-0.15, -0.1) is 0 Å². The Morgan fingerprint density at radius 1 is 1.08 bits per heavy atom. The summed E-state index contributed by atoms with van der Waals surface area (Å²) in [6.45, 7) is 0. The van der Waals surface area contributed by atoms with Crippen molar-refractivity contribution in [3.8, 4) is 5.75 Å². The molecule has 0 unspecified atom stereocenters. The number of phenols is 1. The van der Waals surface area contributed by atoms with Crippen LogP contribution in [-0.2, 0) is 10.1 Å². The van der Waals surface area contributed by atoms with E-state index in [2.05, 4.69) is 0 Å². The van der Waals surface area contributed by atoms with Crippen LogP contribution in [0, 0.1) is 0 Å². The van der Waals surface area contributed by atoms with Crippen molar-refractivity contribution in [2.24, 2.45) is 0 Å². The van der Waals surface area contributed by atoms with E-state index in [1.54, 1.807) is 0 Å². The quantitative estimate of drug-likeness (QED) is 0.472. The molecule has 4 nitrogen and oxygen atoms in total. The minimum atomic E-state index is -4.13. The molecule has 0 aliphatic rings. The SMILES string of the molecule is O=S(=O)(O)c1ccc(O)cc1.[LiH].[NaH]. The summed E-state index contributed by atoms with van der Waals surface area (Å²) in [5.41, 5.74) is 0. The van der Waals surface area contributed by atoms with Gasteiger partial charge in [0, 0.05) is 0 Å². The van der Waals surface area contributed by atoms with Gasteiger partial charge < -0.3 is 5.11 Å². The van der Waals surface area contributed by atoms with Crippen LogP contribution in [0.15, 0.2) is 29.2 Å². The van der Waals surface area contributed by atoms with E-state index in [0.717, 1.165) is 12.1 Å². The molecule has 2 N–H and O–H groups in total. The molecule has 0 bridgehead atoms. The van der Waals surface area contributed by atoms with Crippen LogP contribution < -0.4 is 0 Å². The molecule has 1 aromatic carbocycles. The molecule has 64 valence electrons. The fraction of sp³-hybridized carbons (Fsp3) is 0. The van der Waals surface area contributed by atoms with E-state index in [1.165, 1.54) is 12.1 Å². The van der Waals surface area contributed by atoms with Crippen molar-refractivity contribution in [3.63, 3.8) is 0 Å². The molecule has 1 rings (SSSR count). The second-order valence-corrected chi connectivity index (χ2v) is 3.39. The maximum atomic E-state index is 10.4. The number of aromatic hydroxyl groups is 1. The molecule has 0 heterocycles. The third kappa shape index (κ3) is 5.08. The van der Waals surface area contributed by atoms with Crippen LogP contribution >= 0.6 is 0 Å². The van der Waals surface area contributed by atoms with Crippen molar-refractivity contribution in [3.05, 3.63) is 24.3 Å². The molecule has 0 amide bonds. The molecule has 0 aromatic heterocycles. The van der Waals surface area contributed by atoms with Gasteiger partial charge in [-0.1, -0.05) is 0 Å². The Bertz CT molecular complexity index is 347. The normalized spacial score (nSPS) is 9.62. The summed E-state index contributed by atoms with van der Waals surface area (Å²) in [6.07, 6.45) is 0. The Kier molecular flexibility index (Phi) is 7.49. The first-order valence-corrected chi connectivity index (χ1v) is 4.21. The van der Waals surface area contributed by atoms with Crippen molar-refractivity contribution < 1.29 is 18.1 Å². The molecule has 7 heteroatoms. The van der Waals surface area contributed by atoms with Crippen molar-refractivity contribution in [2.75, 3.05) is 0 Å². The molecule has 0 spiro atoms. The van der Waals surface area contributed by atoms with E-state index in [-0.39, 0.29) is 59.1 Å². The van der Waals surface area contributed by atoms with Crippen molar-refractivity contribution in [1.82, 2.24) is 0 Å². The van der Waals surface area contributed by atoms with Gasteiger partial charge in [-0.25, -0.2) is 0 Å². The topological polar surface area (TPSA) is 74.6 Å². The average molecular weight is 206 g/mol. The van der Waals surface area contributed by atoms with Gasteiger partial charge in [-0.05, 0) is 24.3 Å². The third-order valence-corrected chi connectivity index (χ3v) is 2.00. The molecule has 0 atom stereocenters. The van der Waals surface area contributed by atoms with Crippen LogP contribution in [-0.4, -0.2) is 66.5 Å². The van der Waals surface area contributed by atoms with Gasteiger partial charge in [-0.3, -0.25) is 4.55 Å². The second kappa shape index (κ2) is 6.09. The Morgan fingerprint density at radius 2 is 1.46 bits per heavy atom. The third-order valence-electron chi connectivity index (χ3n) is 1.13. The number of benzene rings is 1. The minimum absolute atomic E-state index is 0. The fourth-order valence-corrected chi connectivity index (χ4v) is 1.10. The predicted octanol–water partition coefficient (Wildman–Crippen LogP) is -0.658.